The molecule has 0 saturated carbocycles. The lowest BCUT2D eigenvalue weighted by Crippen LogP contribution is -2.24. The van der Waals surface area contributed by atoms with Crippen molar-refractivity contribution in [3.63, 3.8) is 0 Å². The number of nitrogens with zero attached hydrogens (tertiary/aromatic N) is 1. The highest BCUT2D eigenvalue weighted by Gasteiger charge is 2.03. The van der Waals surface area contributed by atoms with E-state index in [1.54, 1.807) is 0 Å². The summed E-state index contributed by atoms with van der Waals surface area (Å²) >= 11 is 0. The predicted molar refractivity (Wildman–Crippen MR) is 92.1 cm³/mol. The van der Waals surface area contributed by atoms with Crippen LogP contribution in [0.3, 0.4) is 0 Å². The molecule has 0 heterocycles. The van der Waals surface area contributed by atoms with Crippen molar-refractivity contribution < 1.29 is 0 Å². The Morgan fingerprint density at radius 1 is 0.905 bits per heavy atom. The van der Waals surface area contributed by atoms with Gasteiger partial charge in [-0.3, -0.25) is 4.90 Å². The third-order valence-corrected chi connectivity index (χ3v) is 3.55. The van der Waals surface area contributed by atoms with Crippen molar-refractivity contribution in [1.82, 2.24) is 4.90 Å². The first-order chi connectivity index (χ1) is 10.4. The van der Waals surface area contributed by atoms with Crippen LogP contribution < -0.4 is 0 Å². The molecule has 0 bridgehead atoms. The van der Waals surface area contributed by atoms with E-state index in [9.17, 15) is 0 Å². The first-order valence-corrected chi connectivity index (χ1v) is 7.86. The second-order valence-corrected chi connectivity index (χ2v) is 5.39. The second kappa shape index (κ2) is 9.15. The average molecular weight is 279 g/mol. The van der Waals surface area contributed by atoms with Gasteiger partial charge in [0.2, 0.25) is 0 Å². The zero-order chi connectivity index (χ0) is 14.8. The van der Waals surface area contributed by atoms with Gasteiger partial charge in [0, 0.05) is 13.1 Å². The van der Waals surface area contributed by atoms with Gasteiger partial charge in [0.25, 0.3) is 0 Å². The van der Waals surface area contributed by atoms with Crippen LogP contribution in [-0.4, -0.2) is 18.0 Å². The molecule has 0 amide bonds. The van der Waals surface area contributed by atoms with Crippen LogP contribution in [0.15, 0.2) is 66.7 Å². The zero-order valence-corrected chi connectivity index (χ0v) is 12.9. The Labute approximate surface area is 128 Å². The minimum absolute atomic E-state index is 1.00. The van der Waals surface area contributed by atoms with Crippen LogP contribution in [0.2, 0.25) is 0 Å². The molecule has 2 rings (SSSR count). The van der Waals surface area contributed by atoms with Crippen molar-refractivity contribution in [2.75, 3.05) is 13.1 Å². The maximum atomic E-state index is 2.51. The van der Waals surface area contributed by atoms with Crippen molar-refractivity contribution in [3.8, 4) is 0 Å². The first-order valence-electron chi connectivity index (χ1n) is 7.86. The van der Waals surface area contributed by atoms with Gasteiger partial charge in [0.05, 0.1) is 0 Å². The Morgan fingerprint density at radius 2 is 1.57 bits per heavy atom. The van der Waals surface area contributed by atoms with Gasteiger partial charge in [0.1, 0.15) is 0 Å². The summed E-state index contributed by atoms with van der Waals surface area (Å²) in [7, 11) is 0. The quantitative estimate of drug-likeness (QED) is 0.657. The highest BCUT2D eigenvalue weighted by Crippen LogP contribution is 2.07. The van der Waals surface area contributed by atoms with Gasteiger partial charge in [-0.25, -0.2) is 0 Å². The monoisotopic (exact) mass is 279 g/mol. The van der Waals surface area contributed by atoms with Crippen LogP contribution in [-0.2, 0) is 6.54 Å². The highest BCUT2D eigenvalue weighted by molar-refractivity contribution is 5.48. The van der Waals surface area contributed by atoms with Crippen molar-refractivity contribution in [2.24, 2.45) is 0 Å². The van der Waals surface area contributed by atoms with Crippen LogP contribution in [0.5, 0.6) is 0 Å². The van der Waals surface area contributed by atoms with Gasteiger partial charge < -0.3 is 0 Å². The van der Waals surface area contributed by atoms with Gasteiger partial charge in [-0.1, -0.05) is 86.2 Å². The van der Waals surface area contributed by atoms with Crippen molar-refractivity contribution in [2.45, 2.75) is 26.3 Å². The van der Waals surface area contributed by atoms with E-state index in [1.807, 2.05) is 0 Å². The normalized spacial score (nSPS) is 11.3. The molecule has 0 aromatic heterocycles. The third-order valence-electron chi connectivity index (χ3n) is 3.55. The minimum Gasteiger partial charge on any atom is -0.295 e. The summed E-state index contributed by atoms with van der Waals surface area (Å²) in [6.45, 7) is 5.44. The topological polar surface area (TPSA) is 3.24 Å². The fourth-order valence-corrected chi connectivity index (χ4v) is 2.36. The Bertz CT molecular complexity index is 516. The Morgan fingerprint density at radius 3 is 2.24 bits per heavy atom. The van der Waals surface area contributed by atoms with Gasteiger partial charge >= 0.3 is 0 Å². The van der Waals surface area contributed by atoms with Crippen molar-refractivity contribution >= 4 is 6.08 Å². The summed E-state index contributed by atoms with van der Waals surface area (Å²) in [6.07, 6.45) is 6.98. The highest BCUT2D eigenvalue weighted by atomic mass is 15.1. The molecule has 0 aliphatic heterocycles. The zero-order valence-electron chi connectivity index (χ0n) is 12.9. The van der Waals surface area contributed by atoms with Crippen LogP contribution in [0.4, 0.5) is 0 Å². The van der Waals surface area contributed by atoms with Crippen LogP contribution >= 0.6 is 0 Å². The second-order valence-electron chi connectivity index (χ2n) is 5.39. The standard InChI is InChI=1S/C20H25N/c1-2-3-16-21(18-20-13-8-5-9-14-20)17-10-15-19-11-6-4-7-12-19/h4-15H,2-3,16-18H2,1H3/b15-10+. The number of rotatable bonds is 8. The lowest BCUT2D eigenvalue weighted by atomic mass is 10.2. The van der Waals surface area contributed by atoms with Gasteiger partial charge in [-0.2, -0.15) is 0 Å². The summed E-state index contributed by atoms with van der Waals surface area (Å²) in [6, 6.07) is 21.2. The van der Waals surface area contributed by atoms with Crippen LogP contribution in [0.25, 0.3) is 6.08 Å². The van der Waals surface area contributed by atoms with Gasteiger partial charge in [-0.05, 0) is 24.1 Å². The summed E-state index contributed by atoms with van der Waals surface area (Å²) in [5, 5.41) is 0. The molecule has 0 atom stereocenters. The van der Waals surface area contributed by atoms with E-state index in [4.69, 9.17) is 0 Å². The summed E-state index contributed by atoms with van der Waals surface area (Å²) < 4.78 is 0. The molecule has 110 valence electrons. The maximum absolute atomic E-state index is 2.51. The molecule has 2 aromatic carbocycles. The molecular weight excluding hydrogens is 254 g/mol. The van der Waals surface area contributed by atoms with Crippen molar-refractivity contribution in [1.29, 1.82) is 0 Å². The average Bonchev–Trinajstić information content (AvgIpc) is 2.54. The molecule has 0 fully saturated rings. The summed E-state index contributed by atoms with van der Waals surface area (Å²) in [4.78, 5) is 2.51. The van der Waals surface area contributed by atoms with Crippen LogP contribution in [0, 0.1) is 0 Å². The van der Waals surface area contributed by atoms with E-state index in [1.165, 1.54) is 24.0 Å². The molecule has 0 spiro atoms. The fraction of sp³-hybridized carbons (Fsp3) is 0.300. The molecule has 1 nitrogen and oxygen atoms in total. The lowest BCUT2D eigenvalue weighted by molar-refractivity contribution is 0.290. The molecule has 21 heavy (non-hydrogen) atoms. The number of unbranched alkanes of at least 4 members (excludes halogenated alkanes) is 1. The molecule has 0 aliphatic carbocycles. The van der Waals surface area contributed by atoms with E-state index in [0.717, 1.165) is 19.6 Å². The fourth-order valence-electron chi connectivity index (χ4n) is 2.36. The third kappa shape index (κ3) is 5.97. The van der Waals surface area contributed by atoms with Gasteiger partial charge in [-0.15, -0.1) is 0 Å². The lowest BCUT2D eigenvalue weighted by Gasteiger charge is -2.20. The molecule has 0 aliphatic rings. The smallest absolute Gasteiger partial charge is 0.0237 e. The summed E-state index contributed by atoms with van der Waals surface area (Å²) in [5.74, 6) is 0. The first kappa shape index (κ1) is 15.5. The minimum atomic E-state index is 1.00. The Balaban J connectivity index is 1.91. The van der Waals surface area contributed by atoms with Gasteiger partial charge in [0.15, 0.2) is 0 Å². The number of benzene rings is 2. The van der Waals surface area contributed by atoms with E-state index in [2.05, 4.69) is 84.6 Å². The molecule has 1 heteroatoms. The van der Waals surface area contributed by atoms with E-state index < -0.39 is 0 Å². The largest absolute Gasteiger partial charge is 0.295 e. The van der Waals surface area contributed by atoms with E-state index in [-0.39, 0.29) is 0 Å². The SMILES string of the molecule is CCCCN(C/C=C/c1ccccc1)Cc1ccccc1. The molecule has 0 unspecified atom stereocenters. The molecule has 0 radical (unpaired) electrons. The molecule has 0 saturated heterocycles. The van der Waals surface area contributed by atoms with Crippen molar-refractivity contribution in [3.05, 3.63) is 77.9 Å². The Kier molecular flexibility index (Phi) is 6.76. The Hall–Kier alpha value is -1.86. The number of hydrogen-bond donors (Lipinski definition) is 0. The summed E-state index contributed by atoms with van der Waals surface area (Å²) in [5.41, 5.74) is 2.66. The van der Waals surface area contributed by atoms with E-state index in [0.29, 0.717) is 0 Å². The molecular formula is C20H25N. The predicted octanol–water partition coefficient (Wildman–Crippen LogP) is 5.00. The molecule has 0 N–H and O–H groups in total. The van der Waals surface area contributed by atoms with E-state index >= 15 is 0 Å². The molecule has 2 aromatic rings. The number of hydrogen-bond acceptors (Lipinski definition) is 1. The van der Waals surface area contributed by atoms with Crippen LogP contribution in [0.1, 0.15) is 30.9 Å². The maximum Gasteiger partial charge on any atom is 0.0237 e.